The van der Waals surface area contributed by atoms with Crippen molar-refractivity contribution >= 4 is 27.7 Å². The fraction of sp³-hybridized carbons (Fsp3) is 0.667. The molecule has 0 bridgehead atoms. The zero-order valence-corrected chi connectivity index (χ0v) is 12.3. The number of rotatable bonds is 4. The average molecular weight is 315 g/mol. The lowest BCUT2D eigenvalue weighted by molar-refractivity contribution is 0.0622. The van der Waals surface area contributed by atoms with E-state index >= 15 is 0 Å². The Kier molecular flexibility index (Phi) is 4.77. The molecule has 1 aliphatic rings. The number of ether oxygens (including phenoxy) is 1. The summed E-state index contributed by atoms with van der Waals surface area (Å²) in [6.45, 7) is 3.93. The molecule has 2 N–H and O–H groups in total. The molecule has 1 unspecified atom stereocenters. The lowest BCUT2D eigenvalue weighted by Crippen LogP contribution is -2.31. The molecule has 0 spiro atoms. The first-order valence-electron chi connectivity index (χ1n) is 6.25. The number of hydrogen-bond acceptors (Lipinski definition) is 5. The zero-order valence-electron chi connectivity index (χ0n) is 10.7. The molecular weight excluding hydrogens is 296 g/mol. The van der Waals surface area contributed by atoms with E-state index in [1.165, 1.54) is 0 Å². The van der Waals surface area contributed by atoms with Gasteiger partial charge in [-0.1, -0.05) is 0 Å². The van der Waals surface area contributed by atoms with Crippen LogP contribution in [0.3, 0.4) is 0 Å². The highest BCUT2D eigenvalue weighted by Gasteiger charge is 2.21. The van der Waals surface area contributed by atoms with Gasteiger partial charge in [0.2, 0.25) is 5.95 Å². The van der Waals surface area contributed by atoms with Gasteiger partial charge in [0, 0.05) is 32.5 Å². The third-order valence-corrected chi connectivity index (χ3v) is 3.89. The molecule has 6 heteroatoms. The summed E-state index contributed by atoms with van der Waals surface area (Å²) in [4.78, 5) is 8.56. The fourth-order valence-electron chi connectivity index (χ4n) is 2.14. The van der Waals surface area contributed by atoms with Gasteiger partial charge in [-0.2, -0.15) is 4.98 Å². The van der Waals surface area contributed by atoms with Crippen LogP contribution in [0.2, 0.25) is 0 Å². The van der Waals surface area contributed by atoms with Gasteiger partial charge in [-0.05, 0) is 41.6 Å². The predicted molar refractivity (Wildman–Crippen MR) is 75.9 cm³/mol. The van der Waals surface area contributed by atoms with Crippen molar-refractivity contribution in [3.8, 4) is 0 Å². The van der Waals surface area contributed by atoms with Crippen molar-refractivity contribution in [2.75, 3.05) is 30.9 Å². The number of nitrogens with zero attached hydrogens (tertiary/aromatic N) is 2. The second-order valence-corrected chi connectivity index (χ2v) is 5.38. The summed E-state index contributed by atoms with van der Waals surface area (Å²) in [5.74, 6) is 2.10. The number of nitrogens with one attached hydrogen (secondary N) is 2. The van der Waals surface area contributed by atoms with E-state index in [-0.39, 0.29) is 0 Å². The molecule has 1 fully saturated rings. The summed E-state index contributed by atoms with van der Waals surface area (Å²) >= 11 is 3.47. The highest BCUT2D eigenvalue weighted by molar-refractivity contribution is 9.10. The van der Waals surface area contributed by atoms with E-state index in [0.717, 1.165) is 36.3 Å². The summed E-state index contributed by atoms with van der Waals surface area (Å²) in [7, 11) is 1.81. The largest absolute Gasteiger partial charge is 0.381 e. The maximum absolute atomic E-state index is 5.39. The van der Waals surface area contributed by atoms with Crippen LogP contribution in [0.5, 0.6) is 0 Å². The van der Waals surface area contributed by atoms with Gasteiger partial charge in [0.25, 0.3) is 0 Å². The molecule has 0 radical (unpaired) electrons. The van der Waals surface area contributed by atoms with Gasteiger partial charge in [-0.25, -0.2) is 4.98 Å². The van der Waals surface area contributed by atoms with Crippen LogP contribution in [0.15, 0.2) is 10.7 Å². The summed E-state index contributed by atoms with van der Waals surface area (Å²) in [5.41, 5.74) is 0. The first-order valence-corrected chi connectivity index (χ1v) is 7.04. The summed E-state index contributed by atoms with van der Waals surface area (Å²) in [6.07, 6.45) is 3.98. The van der Waals surface area contributed by atoms with Crippen LogP contribution in [0.1, 0.15) is 19.8 Å². The van der Waals surface area contributed by atoms with Crippen molar-refractivity contribution in [2.45, 2.75) is 25.8 Å². The molecular formula is C12H19BrN4O. The normalized spacial score (nSPS) is 18.4. The number of anilines is 2. The second kappa shape index (κ2) is 6.33. The molecule has 5 nitrogen and oxygen atoms in total. The smallest absolute Gasteiger partial charge is 0.224 e. The minimum Gasteiger partial charge on any atom is -0.381 e. The van der Waals surface area contributed by atoms with E-state index in [9.17, 15) is 0 Å². The maximum Gasteiger partial charge on any atom is 0.224 e. The van der Waals surface area contributed by atoms with Crippen LogP contribution in [0.4, 0.5) is 11.8 Å². The van der Waals surface area contributed by atoms with Gasteiger partial charge >= 0.3 is 0 Å². The van der Waals surface area contributed by atoms with Crippen LogP contribution in [-0.4, -0.2) is 36.3 Å². The van der Waals surface area contributed by atoms with Crippen molar-refractivity contribution in [1.82, 2.24) is 9.97 Å². The maximum atomic E-state index is 5.39. The van der Waals surface area contributed by atoms with Crippen molar-refractivity contribution < 1.29 is 4.74 Å². The highest BCUT2D eigenvalue weighted by atomic mass is 79.9. The lowest BCUT2D eigenvalue weighted by Gasteiger charge is -2.29. The quantitative estimate of drug-likeness (QED) is 0.894. The molecule has 1 aromatic rings. The van der Waals surface area contributed by atoms with Crippen LogP contribution in [0, 0.1) is 5.92 Å². The highest BCUT2D eigenvalue weighted by Crippen LogP contribution is 2.25. The molecule has 1 saturated heterocycles. The lowest BCUT2D eigenvalue weighted by atomic mass is 9.93. The van der Waals surface area contributed by atoms with Crippen molar-refractivity contribution in [3.63, 3.8) is 0 Å². The topological polar surface area (TPSA) is 59.1 Å². The van der Waals surface area contributed by atoms with Crippen LogP contribution in [0.25, 0.3) is 0 Å². The van der Waals surface area contributed by atoms with Gasteiger partial charge < -0.3 is 15.4 Å². The fourth-order valence-corrected chi connectivity index (χ4v) is 2.44. The first kappa shape index (κ1) is 13.5. The molecule has 1 aromatic heterocycles. The number of aromatic nitrogens is 2. The van der Waals surface area contributed by atoms with E-state index in [2.05, 4.69) is 43.5 Å². The van der Waals surface area contributed by atoms with Crippen LogP contribution >= 0.6 is 15.9 Å². The van der Waals surface area contributed by atoms with Gasteiger partial charge in [-0.3, -0.25) is 0 Å². The third-order valence-electron chi connectivity index (χ3n) is 3.31. The van der Waals surface area contributed by atoms with Crippen LogP contribution in [-0.2, 0) is 4.74 Å². The van der Waals surface area contributed by atoms with Gasteiger partial charge in [-0.15, -0.1) is 0 Å². The standard InChI is InChI=1S/C12H19BrN4O/c1-8(9-3-5-18-6-4-9)16-11-10(13)7-15-12(14-2)17-11/h7-9H,3-6H2,1-2H3,(H2,14,15,16,17). The second-order valence-electron chi connectivity index (χ2n) is 4.52. The summed E-state index contributed by atoms with van der Waals surface area (Å²) in [6, 6.07) is 0.379. The van der Waals surface area contributed by atoms with E-state index in [1.807, 2.05) is 7.05 Å². The molecule has 2 rings (SSSR count). The molecule has 0 amide bonds. The molecule has 0 saturated carbocycles. The molecule has 1 atom stereocenters. The molecule has 18 heavy (non-hydrogen) atoms. The zero-order chi connectivity index (χ0) is 13.0. The number of halogens is 1. The van der Waals surface area contributed by atoms with Crippen molar-refractivity contribution in [2.24, 2.45) is 5.92 Å². The average Bonchev–Trinajstić information content (AvgIpc) is 2.42. The van der Waals surface area contributed by atoms with Gasteiger partial charge in [0.15, 0.2) is 0 Å². The van der Waals surface area contributed by atoms with Crippen molar-refractivity contribution in [3.05, 3.63) is 10.7 Å². The van der Waals surface area contributed by atoms with Gasteiger partial charge in [0.1, 0.15) is 5.82 Å². The Hall–Kier alpha value is -0.880. The minimum atomic E-state index is 0.379. The molecule has 0 aromatic carbocycles. The third kappa shape index (κ3) is 3.32. The molecule has 100 valence electrons. The Morgan fingerprint density at radius 3 is 2.83 bits per heavy atom. The predicted octanol–water partition coefficient (Wildman–Crippen LogP) is 2.51. The minimum absolute atomic E-state index is 0.379. The molecule has 0 aliphatic carbocycles. The monoisotopic (exact) mass is 314 g/mol. The van der Waals surface area contributed by atoms with E-state index in [1.54, 1.807) is 6.20 Å². The Morgan fingerprint density at radius 1 is 1.44 bits per heavy atom. The Labute approximate surface area is 116 Å². The van der Waals surface area contributed by atoms with Gasteiger partial charge in [0.05, 0.1) is 4.47 Å². The Morgan fingerprint density at radius 2 is 2.17 bits per heavy atom. The SMILES string of the molecule is CNc1ncc(Br)c(NC(C)C2CCOCC2)n1. The first-order chi connectivity index (χ1) is 8.70. The van der Waals surface area contributed by atoms with E-state index in [4.69, 9.17) is 4.74 Å². The van der Waals surface area contributed by atoms with Crippen molar-refractivity contribution in [1.29, 1.82) is 0 Å². The van der Waals surface area contributed by atoms with E-state index < -0.39 is 0 Å². The van der Waals surface area contributed by atoms with Crippen LogP contribution < -0.4 is 10.6 Å². The van der Waals surface area contributed by atoms with E-state index in [0.29, 0.717) is 17.9 Å². The Bertz CT molecular complexity index is 396. The Balaban J connectivity index is 2.03. The summed E-state index contributed by atoms with van der Waals surface area (Å²) in [5, 5.41) is 6.41. The summed E-state index contributed by atoms with van der Waals surface area (Å²) < 4.78 is 6.28. The number of hydrogen-bond donors (Lipinski definition) is 2. The molecule has 2 heterocycles. The molecule has 1 aliphatic heterocycles.